The third-order valence-electron chi connectivity index (χ3n) is 7.03. The molecule has 0 unspecified atom stereocenters. The van der Waals surface area contributed by atoms with Crippen molar-refractivity contribution in [3.05, 3.63) is 83.4 Å². The number of thiophene rings is 2. The van der Waals surface area contributed by atoms with Crippen LogP contribution in [-0.4, -0.2) is 26.9 Å². The van der Waals surface area contributed by atoms with Gasteiger partial charge in [-0.05, 0) is 48.6 Å². The van der Waals surface area contributed by atoms with Gasteiger partial charge in [-0.15, -0.1) is 22.7 Å². The first kappa shape index (κ1) is 24.4. The number of nitrogens with one attached hydrogen (secondary N) is 1. The van der Waals surface area contributed by atoms with Crippen LogP contribution < -0.4 is 5.32 Å². The number of fused-ring (bicyclic) bond motifs is 1. The number of carbonyl (C=O) groups excluding carboxylic acids is 1. The topological polar surface area (TPSA) is 93.4 Å². The van der Waals surface area contributed by atoms with Crippen molar-refractivity contribution >= 4 is 50.0 Å². The van der Waals surface area contributed by atoms with Gasteiger partial charge in [-0.1, -0.05) is 54.6 Å². The molecule has 2 N–H and O–H groups in total. The van der Waals surface area contributed by atoms with Crippen LogP contribution in [0.25, 0.3) is 31.0 Å². The van der Waals surface area contributed by atoms with Crippen LogP contribution in [0.1, 0.15) is 36.3 Å². The van der Waals surface area contributed by atoms with Crippen molar-refractivity contribution in [2.24, 2.45) is 7.05 Å². The maximum atomic E-state index is 12.7. The second kappa shape index (κ2) is 9.41. The van der Waals surface area contributed by atoms with Crippen LogP contribution >= 0.6 is 22.7 Å². The zero-order valence-electron chi connectivity index (χ0n) is 20.8. The molecule has 3 aromatic heterocycles. The maximum Gasteiger partial charge on any atom is 0.413 e. The predicted molar refractivity (Wildman–Crippen MR) is 151 cm³/mol. The van der Waals surface area contributed by atoms with Crippen LogP contribution in [0, 0.1) is 0 Å². The number of nitrogens with zero attached hydrogens (tertiary/aromatic N) is 2. The molecule has 2 aromatic carbocycles. The van der Waals surface area contributed by atoms with Crippen LogP contribution in [-0.2, 0) is 22.0 Å². The average molecular weight is 544 g/mol. The first-order chi connectivity index (χ1) is 18.3. The summed E-state index contributed by atoms with van der Waals surface area (Å²) in [4.78, 5) is 26.4. The number of carboxylic acid groups (broad SMARTS) is 1. The third kappa shape index (κ3) is 4.37. The van der Waals surface area contributed by atoms with E-state index in [1.807, 2.05) is 49.4 Å². The minimum Gasteiger partial charge on any atom is -0.481 e. The molecule has 192 valence electrons. The Bertz CT molecular complexity index is 1610. The van der Waals surface area contributed by atoms with E-state index in [1.165, 1.54) is 0 Å². The molecule has 1 saturated carbocycles. The zero-order chi connectivity index (χ0) is 26.4. The first-order valence-corrected chi connectivity index (χ1v) is 13.9. The Morgan fingerprint density at radius 1 is 1.03 bits per heavy atom. The molecule has 0 saturated heterocycles. The van der Waals surface area contributed by atoms with Gasteiger partial charge in [0.1, 0.15) is 17.3 Å². The smallest absolute Gasteiger partial charge is 0.413 e. The summed E-state index contributed by atoms with van der Waals surface area (Å²) < 4.78 is 9.44. The minimum atomic E-state index is -0.717. The van der Waals surface area contributed by atoms with Crippen molar-refractivity contribution in [1.82, 2.24) is 9.78 Å². The van der Waals surface area contributed by atoms with Gasteiger partial charge in [0.2, 0.25) is 0 Å². The highest BCUT2D eigenvalue weighted by Gasteiger charge is 2.53. The lowest BCUT2D eigenvalue weighted by atomic mass is 10.1. The first-order valence-electron chi connectivity index (χ1n) is 12.3. The van der Waals surface area contributed by atoms with Crippen LogP contribution in [0.2, 0.25) is 0 Å². The summed E-state index contributed by atoms with van der Waals surface area (Å²) in [5.41, 5.74) is 3.06. The molecule has 0 aliphatic heterocycles. The number of amides is 1. The molecule has 1 aliphatic rings. The van der Waals surface area contributed by atoms with Crippen molar-refractivity contribution in [2.45, 2.75) is 31.3 Å². The second-order valence-corrected chi connectivity index (χ2v) is 11.7. The van der Waals surface area contributed by atoms with Crippen molar-refractivity contribution < 1.29 is 19.4 Å². The Hall–Kier alpha value is -3.95. The molecule has 6 rings (SSSR count). The molecule has 3 heterocycles. The Morgan fingerprint density at radius 2 is 1.71 bits per heavy atom. The molecule has 1 amide bonds. The molecule has 1 atom stereocenters. The fraction of sp³-hybridized carbons (Fsp3) is 0.207. The lowest BCUT2D eigenvalue weighted by Crippen LogP contribution is -2.18. The van der Waals surface area contributed by atoms with E-state index in [2.05, 4.69) is 34.7 Å². The van der Waals surface area contributed by atoms with Gasteiger partial charge >= 0.3 is 12.1 Å². The molecule has 38 heavy (non-hydrogen) atoms. The molecule has 0 spiro atoms. The minimum absolute atomic E-state index is 0.386. The average Bonchev–Trinajstić information content (AvgIpc) is 3.32. The van der Waals surface area contributed by atoms with Gasteiger partial charge in [-0.2, -0.15) is 5.10 Å². The number of aryl methyl sites for hydroxylation is 1. The zero-order valence-corrected chi connectivity index (χ0v) is 22.4. The highest BCUT2D eigenvalue weighted by Crippen LogP contribution is 2.53. The van der Waals surface area contributed by atoms with Crippen LogP contribution in [0.5, 0.6) is 0 Å². The lowest BCUT2D eigenvalue weighted by Gasteiger charge is -2.15. The Balaban J connectivity index is 1.19. The Labute approximate surface area is 227 Å². The van der Waals surface area contributed by atoms with E-state index in [0.29, 0.717) is 5.82 Å². The van der Waals surface area contributed by atoms with Crippen LogP contribution in [0.3, 0.4) is 0 Å². The summed E-state index contributed by atoms with van der Waals surface area (Å²) in [6, 6.07) is 21.9. The third-order valence-corrected chi connectivity index (χ3v) is 9.58. The lowest BCUT2D eigenvalue weighted by molar-refractivity contribution is -0.139. The van der Waals surface area contributed by atoms with Crippen molar-refractivity contribution in [3.63, 3.8) is 0 Å². The summed E-state index contributed by atoms with van der Waals surface area (Å²) in [5.74, 6) is -0.162. The van der Waals surface area contributed by atoms with E-state index in [4.69, 9.17) is 4.74 Å². The van der Waals surface area contributed by atoms with E-state index < -0.39 is 17.5 Å². The standard InChI is InChI=1S/C29H25N3O4S2/c1-17(18-6-4-3-5-7-18)36-28(35)31-26-21(16-30-32(26)2)19-8-10-20(11-9-19)22-14-23-24(37-22)15-25(38-23)29(12-13-29)27(33)34/h3-11,14-17H,12-13H2,1-2H3,(H,31,35)(H,33,34)/t17-/m1/s1. The molecular weight excluding hydrogens is 518 g/mol. The van der Waals surface area contributed by atoms with Crippen molar-refractivity contribution in [3.8, 4) is 21.6 Å². The molecular formula is C29H25N3O4S2. The summed E-state index contributed by atoms with van der Waals surface area (Å²) in [7, 11) is 1.77. The molecule has 5 aromatic rings. The van der Waals surface area contributed by atoms with Gasteiger partial charge in [0.05, 0.1) is 6.20 Å². The summed E-state index contributed by atoms with van der Waals surface area (Å²) >= 11 is 3.27. The number of carboxylic acids is 1. The number of hydrogen-bond donors (Lipinski definition) is 2. The highest BCUT2D eigenvalue weighted by molar-refractivity contribution is 7.29. The monoisotopic (exact) mass is 543 g/mol. The highest BCUT2D eigenvalue weighted by atomic mass is 32.1. The molecule has 9 heteroatoms. The largest absolute Gasteiger partial charge is 0.481 e. The van der Waals surface area contributed by atoms with Gasteiger partial charge in [0.25, 0.3) is 0 Å². The van der Waals surface area contributed by atoms with E-state index in [1.54, 1.807) is 40.6 Å². The van der Waals surface area contributed by atoms with Crippen LogP contribution in [0.15, 0.2) is 72.9 Å². The van der Waals surface area contributed by atoms with E-state index in [9.17, 15) is 14.7 Å². The molecule has 0 radical (unpaired) electrons. The molecule has 7 nitrogen and oxygen atoms in total. The van der Waals surface area contributed by atoms with E-state index in [0.717, 1.165) is 54.2 Å². The summed E-state index contributed by atoms with van der Waals surface area (Å²) in [6.45, 7) is 1.84. The number of rotatable bonds is 7. The maximum absolute atomic E-state index is 12.7. The number of benzene rings is 2. The predicted octanol–water partition coefficient (Wildman–Crippen LogP) is 7.46. The number of anilines is 1. The SMILES string of the molecule is C[C@@H](OC(=O)Nc1c(-c2ccc(-c3cc4sc(C5(C(=O)O)CC5)cc4s3)cc2)cnn1C)c1ccccc1. The van der Waals surface area contributed by atoms with Gasteiger partial charge in [0.15, 0.2) is 0 Å². The summed E-state index contributed by atoms with van der Waals surface area (Å²) in [6.07, 6.45) is 2.24. The van der Waals surface area contributed by atoms with Crippen LogP contribution in [0.4, 0.5) is 10.6 Å². The van der Waals surface area contributed by atoms with E-state index >= 15 is 0 Å². The Morgan fingerprint density at radius 3 is 2.37 bits per heavy atom. The number of aromatic nitrogens is 2. The van der Waals surface area contributed by atoms with E-state index in [-0.39, 0.29) is 6.10 Å². The Kier molecular flexibility index (Phi) is 6.04. The normalized spacial score (nSPS) is 14.8. The molecule has 1 aliphatic carbocycles. The number of aliphatic carboxylic acids is 1. The van der Waals surface area contributed by atoms with Gasteiger partial charge in [0, 0.05) is 31.8 Å². The van der Waals surface area contributed by atoms with Gasteiger partial charge in [-0.25, -0.2) is 4.79 Å². The molecule has 0 bridgehead atoms. The van der Waals surface area contributed by atoms with Gasteiger partial charge < -0.3 is 9.84 Å². The van der Waals surface area contributed by atoms with Crippen molar-refractivity contribution in [2.75, 3.05) is 5.32 Å². The fourth-order valence-corrected chi connectivity index (χ4v) is 7.23. The van der Waals surface area contributed by atoms with Gasteiger partial charge in [-0.3, -0.25) is 14.8 Å². The number of hydrogen-bond acceptors (Lipinski definition) is 6. The number of carbonyl (C=O) groups is 2. The summed E-state index contributed by atoms with van der Waals surface area (Å²) in [5, 5.41) is 16.8. The second-order valence-electron chi connectivity index (χ2n) is 9.53. The quantitative estimate of drug-likeness (QED) is 0.222. The number of ether oxygens (including phenoxy) is 1. The molecule has 1 fully saturated rings. The van der Waals surface area contributed by atoms with Crippen molar-refractivity contribution in [1.29, 1.82) is 0 Å². The fourth-order valence-electron chi connectivity index (χ4n) is 4.59.